The zero-order valence-electron chi connectivity index (χ0n) is 7.23. The van der Waals surface area contributed by atoms with Crippen molar-refractivity contribution in [2.45, 2.75) is 12.8 Å². The summed E-state index contributed by atoms with van der Waals surface area (Å²) < 4.78 is 0. The lowest BCUT2D eigenvalue weighted by atomic mass is 10.3. The molecule has 2 N–H and O–H groups in total. The highest BCUT2D eigenvalue weighted by atomic mass is 35.5. The van der Waals surface area contributed by atoms with Gasteiger partial charge in [-0.25, -0.2) is 0 Å². The van der Waals surface area contributed by atoms with E-state index >= 15 is 0 Å². The lowest BCUT2D eigenvalue weighted by molar-refractivity contribution is -0.136. The van der Waals surface area contributed by atoms with Crippen LogP contribution in [0, 0.1) is 0 Å². The van der Waals surface area contributed by atoms with E-state index in [1.165, 1.54) is 17.1 Å². The summed E-state index contributed by atoms with van der Waals surface area (Å²) in [6.07, 6.45) is 4.22. The zero-order valence-corrected chi connectivity index (χ0v) is 8.05. The van der Waals surface area contributed by atoms with Gasteiger partial charge in [-0.05, 0) is 19.4 Å². The second-order valence-corrected chi connectivity index (χ2v) is 2.66. The van der Waals surface area contributed by atoms with Gasteiger partial charge < -0.3 is 5.73 Å². The minimum Gasteiger partial charge on any atom is -0.330 e. The molecule has 1 aliphatic rings. The molecule has 5 heteroatoms. The summed E-state index contributed by atoms with van der Waals surface area (Å²) in [4.78, 5) is 23.2. The first kappa shape index (κ1) is 12.1. The van der Waals surface area contributed by atoms with Crippen LogP contribution in [0.3, 0.4) is 0 Å². The van der Waals surface area contributed by atoms with E-state index < -0.39 is 0 Å². The van der Waals surface area contributed by atoms with Crippen molar-refractivity contribution in [1.82, 2.24) is 4.90 Å². The third kappa shape index (κ3) is 3.16. The molecule has 0 radical (unpaired) electrons. The van der Waals surface area contributed by atoms with Crippen LogP contribution < -0.4 is 5.73 Å². The first-order valence-corrected chi connectivity index (χ1v) is 3.99. The Labute approximate surface area is 83.2 Å². The summed E-state index contributed by atoms with van der Waals surface area (Å²) in [6.45, 7) is 1.09. The Hall–Kier alpha value is -0.870. The van der Waals surface area contributed by atoms with Crippen molar-refractivity contribution in [3.63, 3.8) is 0 Å². The second-order valence-electron chi connectivity index (χ2n) is 2.66. The number of hydrogen-bond donors (Lipinski definition) is 1. The van der Waals surface area contributed by atoms with Crippen LogP contribution in [0.1, 0.15) is 12.8 Å². The van der Waals surface area contributed by atoms with Crippen LogP contribution in [0.2, 0.25) is 0 Å². The summed E-state index contributed by atoms with van der Waals surface area (Å²) in [7, 11) is 0. The van der Waals surface area contributed by atoms with Crippen LogP contribution >= 0.6 is 12.4 Å². The van der Waals surface area contributed by atoms with Crippen molar-refractivity contribution in [2.24, 2.45) is 5.73 Å². The van der Waals surface area contributed by atoms with E-state index in [-0.39, 0.29) is 24.2 Å². The molecule has 0 spiro atoms. The van der Waals surface area contributed by atoms with Crippen LogP contribution in [0.25, 0.3) is 0 Å². The van der Waals surface area contributed by atoms with Crippen molar-refractivity contribution < 1.29 is 9.59 Å². The lowest BCUT2D eigenvalue weighted by Gasteiger charge is -2.12. The van der Waals surface area contributed by atoms with Gasteiger partial charge in [0, 0.05) is 18.7 Å². The predicted molar refractivity (Wildman–Crippen MR) is 51.4 cm³/mol. The molecule has 1 aliphatic heterocycles. The average molecular weight is 205 g/mol. The number of rotatable bonds is 4. The van der Waals surface area contributed by atoms with Gasteiger partial charge in [-0.3, -0.25) is 14.5 Å². The Morgan fingerprint density at radius 3 is 2.15 bits per heavy atom. The van der Waals surface area contributed by atoms with Crippen LogP contribution in [0.15, 0.2) is 12.2 Å². The summed E-state index contributed by atoms with van der Waals surface area (Å²) in [6, 6.07) is 0. The van der Waals surface area contributed by atoms with Crippen LogP contribution in [0.4, 0.5) is 0 Å². The van der Waals surface area contributed by atoms with Crippen molar-refractivity contribution in [3.05, 3.63) is 12.2 Å². The molecular formula is C8H13ClN2O2. The molecule has 4 nitrogen and oxygen atoms in total. The highest BCUT2D eigenvalue weighted by Crippen LogP contribution is 2.04. The standard InChI is InChI=1S/C8H12N2O2.ClH/c9-5-1-2-6-10-7(11)3-4-8(10)12;/h3-4H,1-2,5-6,9H2;1H. The number of hydrogen-bond acceptors (Lipinski definition) is 3. The van der Waals surface area contributed by atoms with Gasteiger partial charge in [0.2, 0.25) is 0 Å². The van der Waals surface area contributed by atoms with E-state index in [2.05, 4.69) is 0 Å². The fourth-order valence-corrected chi connectivity index (χ4v) is 1.07. The number of carbonyl (C=O) groups is 2. The predicted octanol–water partition coefficient (Wildman–Crippen LogP) is 0.0721. The van der Waals surface area contributed by atoms with Gasteiger partial charge in [0.25, 0.3) is 11.8 Å². The molecule has 2 amide bonds. The molecule has 0 unspecified atom stereocenters. The fraction of sp³-hybridized carbons (Fsp3) is 0.500. The summed E-state index contributed by atoms with van der Waals surface area (Å²) in [5.74, 6) is -0.422. The van der Waals surface area contributed by atoms with Gasteiger partial charge in [0.15, 0.2) is 0 Å². The quantitative estimate of drug-likeness (QED) is 0.521. The topological polar surface area (TPSA) is 63.4 Å². The van der Waals surface area contributed by atoms with Gasteiger partial charge >= 0.3 is 0 Å². The number of amides is 2. The monoisotopic (exact) mass is 204 g/mol. The Morgan fingerprint density at radius 1 is 1.15 bits per heavy atom. The summed E-state index contributed by atoms with van der Waals surface area (Å²) in [5, 5.41) is 0. The molecular weight excluding hydrogens is 192 g/mol. The normalized spacial score (nSPS) is 15.0. The first-order valence-electron chi connectivity index (χ1n) is 3.99. The fourth-order valence-electron chi connectivity index (χ4n) is 1.07. The molecule has 0 saturated carbocycles. The number of imide groups is 1. The highest BCUT2D eigenvalue weighted by molar-refractivity contribution is 6.12. The number of carbonyl (C=O) groups excluding carboxylic acids is 2. The number of nitrogens with two attached hydrogens (primary N) is 1. The van der Waals surface area contributed by atoms with E-state index in [0.29, 0.717) is 13.1 Å². The number of nitrogens with zero attached hydrogens (tertiary/aromatic N) is 1. The third-order valence-corrected chi connectivity index (χ3v) is 1.74. The molecule has 0 fully saturated rings. The van der Waals surface area contributed by atoms with Crippen molar-refractivity contribution in [2.75, 3.05) is 13.1 Å². The van der Waals surface area contributed by atoms with Crippen molar-refractivity contribution in [1.29, 1.82) is 0 Å². The highest BCUT2D eigenvalue weighted by Gasteiger charge is 2.21. The van der Waals surface area contributed by atoms with Crippen molar-refractivity contribution in [3.8, 4) is 0 Å². The number of halogens is 1. The van der Waals surface area contributed by atoms with E-state index in [9.17, 15) is 9.59 Å². The van der Waals surface area contributed by atoms with Crippen molar-refractivity contribution >= 4 is 24.2 Å². The largest absolute Gasteiger partial charge is 0.330 e. The molecule has 0 atom stereocenters. The molecule has 0 saturated heterocycles. The average Bonchev–Trinajstić information content (AvgIpc) is 2.35. The van der Waals surface area contributed by atoms with Gasteiger partial charge in [-0.15, -0.1) is 12.4 Å². The Bertz CT molecular complexity index is 210. The van der Waals surface area contributed by atoms with Gasteiger partial charge in [-0.1, -0.05) is 0 Å². The SMILES string of the molecule is Cl.NCCCCN1C(=O)C=CC1=O. The molecule has 0 aromatic rings. The van der Waals surface area contributed by atoms with E-state index in [4.69, 9.17) is 5.73 Å². The van der Waals surface area contributed by atoms with E-state index in [0.717, 1.165) is 12.8 Å². The lowest BCUT2D eigenvalue weighted by Crippen LogP contribution is -2.31. The first-order chi connectivity index (χ1) is 5.75. The van der Waals surface area contributed by atoms with Crippen LogP contribution in [-0.4, -0.2) is 29.8 Å². The minimum atomic E-state index is -0.211. The van der Waals surface area contributed by atoms with Gasteiger partial charge in [0.1, 0.15) is 0 Å². The molecule has 1 rings (SSSR count). The zero-order chi connectivity index (χ0) is 8.97. The van der Waals surface area contributed by atoms with E-state index in [1.807, 2.05) is 0 Å². The maximum Gasteiger partial charge on any atom is 0.253 e. The summed E-state index contributed by atoms with van der Waals surface area (Å²) >= 11 is 0. The Balaban J connectivity index is 0.00000144. The maximum absolute atomic E-state index is 11.0. The Kier molecular flexibility index (Phi) is 5.34. The van der Waals surface area contributed by atoms with Gasteiger partial charge in [-0.2, -0.15) is 0 Å². The van der Waals surface area contributed by atoms with Crippen LogP contribution in [0.5, 0.6) is 0 Å². The molecule has 0 aromatic heterocycles. The van der Waals surface area contributed by atoms with Crippen LogP contribution in [-0.2, 0) is 9.59 Å². The smallest absolute Gasteiger partial charge is 0.253 e. The molecule has 0 aliphatic carbocycles. The third-order valence-electron chi connectivity index (χ3n) is 1.74. The molecule has 74 valence electrons. The molecule has 0 bridgehead atoms. The second kappa shape index (κ2) is 5.72. The summed E-state index contributed by atoms with van der Waals surface area (Å²) in [5.41, 5.74) is 5.28. The van der Waals surface area contributed by atoms with E-state index in [1.54, 1.807) is 0 Å². The Morgan fingerprint density at radius 2 is 1.69 bits per heavy atom. The van der Waals surface area contributed by atoms with Gasteiger partial charge in [0.05, 0.1) is 0 Å². The molecule has 0 aromatic carbocycles. The molecule has 13 heavy (non-hydrogen) atoms. The number of unbranched alkanes of at least 4 members (excludes halogenated alkanes) is 1. The minimum absolute atomic E-state index is 0. The molecule has 1 heterocycles. The maximum atomic E-state index is 11.0.